The minimum atomic E-state index is -0.0788. The van der Waals surface area contributed by atoms with Crippen LogP contribution in [0.2, 0.25) is 10.0 Å². The molecule has 2 aliphatic rings. The highest BCUT2D eigenvalue weighted by Crippen LogP contribution is 2.37. The Balaban J connectivity index is 1.26. The number of fused-ring (bicyclic) bond motifs is 1. The van der Waals surface area contributed by atoms with Gasteiger partial charge in [-0.2, -0.15) is 0 Å². The molecule has 4 nitrogen and oxygen atoms in total. The summed E-state index contributed by atoms with van der Waals surface area (Å²) < 4.78 is 4.87. The molecule has 1 heterocycles. The van der Waals surface area contributed by atoms with Gasteiger partial charge in [-0.3, -0.25) is 4.79 Å². The van der Waals surface area contributed by atoms with Gasteiger partial charge >= 0.3 is 5.97 Å². The van der Waals surface area contributed by atoms with E-state index in [2.05, 4.69) is 41.4 Å². The molecule has 0 amide bonds. The van der Waals surface area contributed by atoms with Gasteiger partial charge in [0.2, 0.25) is 0 Å². The van der Waals surface area contributed by atoms with Gasteiger partial charge in [-0.15, -0.1) is 0 Å². The SMILES string of the molecule is COC(=O)CC1CCCC(c2ccc(C3=CC=C(c4nc5cc(Cl)c(Cl)cc5[nH]4)CC3)cc2)CC1. The Labute approximate surface area is 216 Å². The molecule has 2 atom stereocenters. The van der Waals surface area contributed by atoms with Crippen LogP contribution in [0.15, 0.2) is 48.6 Å². The minimum absolute atomic E-state index is 0.0788. The summed E-state index contributed by atoms with van der Waals surface area (Å²) in [7, 11) is 1.48. The van der Waals surface area contributed by atoms with Crippen LogP contribution in [0, 0.1) is 5.92 Å². The number of hydrogen-bond acceptors (Lipinski definition) is 3. The normalized spacial score (nSPS) is 20.8. The fourth-order valence-electron chi connectivity index (χ4n) is 5.44. The number of benzene rings is 2. The number of H-pyrrole nitrogens is 1. The molecule has 2 aromatic carbocycles. The number of carbonyl (C=O) groups excluding carboxylic acids is 1. The first kappa shape index (κ1) is 24.1. The molecule has 0 saturated heterocycles. The molecule has 1 aromatic heterocycles. The number of carbonyl (C=O) groups is 1. The van der Waals surface area contributed by atoms with Crippen LogP contribution in [0.3, 0.4) is 0 Å². The largest absolute Gasteiger partial charge is 0.469 e. The van der Waals surface area contributed by atoms with Crippen molar-refractivity contribution in [2.75, 3.05) is 7.11 Å². The lowest BCUT2D eigenvalue weighted by Gasteiger charge is -2.17. The van der Waals surface area contributed by atoms with E-state index in [0.717, 1.165) is 49.0 Å². The lowest BCUT2D eigenvalue weighted by molar-refractivity contribution is -0.141. The topological polar surface area (TPSA) is 55.0 Å². The quantitative estimate of drug-likeness (QED) is 0.278. The van der Waals surface area contributed by atoms with E-state index >= 15 is 0 Å². The Morgan fingerprint density at radius 3 is 2.49 bits per heavy atom. The third-order valence-electron chi connectivity index (χ3n) is 7.50. The summed E-state index contributed by atoms with van der Waals surface area (Å²) >= 11 is 12.3. The zero-order valence-corrected chi connectivity index (χ0v) is 21.5. The minimum Gasteiger partial charge on any atom is -0.469 e. The van der Waals surface area contributed by atoms with E-state index < -0.39 is 0 Å². The van der Waals surface area contributed by atoms with E-state index in [9.17, 15) is 4.79 Å². The van der Waals surface area contributed by atoms with Crippen molar-refractivity contribution >= 4 is 51.4 Å². The summed E-state index contributed by atoms with van der Waals surface area (Å²) in [6.45, 7) is 0. The maximum atomic E-state index is 11.7. The van der Waals surface area contributed by atoms with E-state index in [0.29, 0.717) is 28.3 Å². The number of imidazole rings is 1. The van der Waals surface area contributed by atoms with Crippen LogP contribution in [0.25, 0.3) is 22.2 Å². The van der Waals surface area contributed by atoms with Gasteiger partial charge in [0.05, 0.1) is 28.2 Å². The number of esters is 1. The summed E-state index contributed by atoms with van der Waals surface area (Å²) in [5.74, 6) is 1.84. The number of hydrogen-bond donors (Lipinski definition) is 1. The van der Waals surface area contributed by atoms with E-state index in [-0.39, 0.29) is 5.97 Å². The predicted octanol–water partition coefficient (Wildman–Crippen LogP) is 8.36. The lowest BCUT2D eigenvalue weighted by atomic mass is 9.88. The Bertz CT molecular complexity index is 1250. The summed E-state index contributed by atoms with van der Waals surface area (Å²) in [6, 6.07) is 12.8. The molecule has 0 bridgehead atoms. The lowest BCUT2D eigenvalue weighted by Crippen LogP contribution is -2.09. The number of aromatic amines is 1. The molecular formula is C29H30Cl2N2O2. The van der Waals surface area contributed by atoms with E-state index in [1.807, 2.05) is 6.07 Å². The highest BCUT2D eigenvalue weighted by molar-refractivity contribution is 6.42. The van der Waals surface area contributed by atoms with Gasteiger partial charge in [0.1, 0.15) is 5.82 Å². The molecule has 6 heteroatoms. The van der Waals surface area contributed by atoms with Crippen LogP contribution < -0.4 is 0 Å². The van der Waals surface area contributed by atoms with E-state index in [1.165, 1.54) is 42.2 Å². The van der Waals surface area contributed by atoms with Crippen LogP contribution in [-0.4, -0.2) is 23.0 Å². The van der Waals surface area contributed by atoms with Crippen molar-refractivity contribution in [2.24, 2.45) is 5.92 Å². The molecule has 3 aromatic rings. The second kappa shape index (κ2) is 10.6. The smallest absolute Gasteiger partial charge is 0.305 e. The molecule has 0 aliphatic heterocycles. The first-order valence-electron chi connectivity index (χ1n) is 12.4. The Morgan fingerprint density at radius 2 is 1.74 bits per heavy atom. The number of ether oxygens (including phenoxy) is 1. The average Bonchev–Trinajstić information content (AvgIpc) is 3.13. The zero-order valence-electron chi connectivity index (χ0n) is 19.9. The third-order valence-corrected chi connectivity index (χ3v) is 8.22. The highest BCUT2D eigenvalue weighted by atomic mass is 35.5. The highest BCUT2D eigenvalue weighted by Gasteiger charge is 2.22. The molecule has 0 radical (unpaired) electrons. The van der Waals surface area contributed by atoms with Crippen molar-refractivity contribution in [1.82, 2.24) is 9.97 Å². The van der Waals surface area contributed by atoms with Crippen molar-refractivity contribution in [3.05, 3.63) is 75.5 Å². The second-order valence-corrected chi connectivity index (χ2v) is 10.5. The van der Waals surface area contributed by atoms with E-state index in [4.69, 9.17) is 32.9 Å². The Kier molecular flexibility index (Phi) is 7.31. The molecule has 2 unspecified atom stereocenters. The molecule has 35 heavy (non-hydrogen) atoms. The predicted molar refractivity (Wildman–Crippen MR) is 144 cm³/mol. The number of nitrogens with one attached hydrogen (secondary N) is 1. The molecule has 182 valence electrons. The monoisotopic (exact) mass is 508 g/mol. The molecule has 1 saturated carbocycles. The third kappa shape index (κ3) is 5.49. The number of halogens is 2. The number of rotatable bonds is 5. The van der Waals surface area contributed by atoms with Crippen LogP contribution in [0.1, 0.15) is 74.2 Å². The van der Waals surface area contributed by atoms with Gasteiger partial charge in [-0.05, 0) is 84.8 Å². The van der Waals surface area contributed by atoms with Crippen molar-refractivity contribution in [3.8, 4) is 0 Å². The van der Waals surface area contributed by atoms with Crippen molar-refractivity contribution < 1.29 is 9.53 Å². The molecule has 0 spiro atoms. The van der Waals surface area contributed by atoms with E-state index in [1.54, 1.807) is 6.07 Å². The molecule has 1 N–H and O–H groups in total. The van der Waals surface area contributed by atoms with Crippen molar-refractivity contribution in [2.45, 2.75) is 57.3 Å². The number of allylic oxidation sites excluding steroid dienone is 4. The van der Waals surface area contributed by atoms with Gasteiger partial charge in [0.25, 0.3) is 0 Å². The molecule has 1 fully saturated rings. The Hall–Kier alpha value is -2.56. The summed E-state index contributed by atoms with van der Waals surface area (Å²) in [5.41, 5.74) is 6.96. The van der Waals surface area contributed by atoms with Crippen LogP contribution >= 0.6 is 23.2 Å². The standard InChI is InChI=1S/C29H30Cl2N2O2/c1-35-28(34)15-18-3-2-4-19(6-5-18)20-7-9-21(10-8-20)22-11-13-23(14-12-22)29-32-26-16-24(30)25(31)17-27(26)33-29/h7-11,13,16-19H,2-6,12,14-15H2,1H3,(H,32,33). The maximum absolute atomic E-state index is 11.7. The first-order chi connectivity index (χ1) is 17.0. The van der Waals surface area contributed by atoms with Gasteiger partial charge in [-0.25, -0.2) is 4.98 Å². The van der Waals surface area contributed by atoms with Crippen molar-refractivity contribution in [1.29, 1.82) is 0 Å². The van der Waals surface area contributed by atoms with Crippen LogP contribution in [0.4, 0.5) is 0 Å². The molecular weight excluding hydrogens is 479 g/mol. The zero-order chi connectivity index (χ0) is 24.4. The van der Waals surface area contributed by atoms with Gasteiger partial charge in [0, 0.05) is 6.42 Å². The van der Waals surface area contributed by atoms with Crippen molar-refractivity contribution in [3.63, 3.8) is 0 Å². The second-order valence-electron chi connectivity index (χ2n) is 9.73. The summed E-state index contributed by atoms with van der Waals surface area (Å²) in [6.07, 6.45) is 12.6. The first-order valence-corrected chi connectivity index (χ1v) is 13.2. The van der Waals surface area contributed by atoms with Gasteiger partial charge < -0.3 is 9.72 Å². The fourth-order valence-corrected chi connectivity index (χ4v) is 5.76. The fraction of sp³-hybridized carbons (Fsp3) is 0.379. The number of nitrogens with zero attached hydrogens (tertiary/aromatic N) is 1. The number of aromatic nitrogens is 2. The van der Waals surface area contributed by atoms with Crippen LogP contribution in [-0.2, 0) is 9.53 Å². The van der Waals surface area contributed by atoms with Gasteiger partial charge in [0.15, 0.2) is 0 Å². The van der Waals surface area contributed by atoms with Crippen LogP contribution in [0.5, 0.6) is 0 Å². The summed E-state index contributed by atoms with van der Waals surface area (Å²) in [4.78, 5) is 19.7. The Morgan fingerprint density at radius 1 is 1.00 bits per heavy atom. The maximum Gasteiger partial charge on any atom is 0.305 e. The van der Waals surface area contributed by atoms with Gasteiger partial charge in [-0.1, -0.05) is 66.0 Å². The number of methoxy groups -OCH3 is 1. The molecule has 5 rings (SSSR count). The average molecular weight is 509 g/mol. The summed E-state index contributed by atoms with van der Waals surface area (Å²) in [5, 5.41) is 1.05. The molecule has 2 aliphatic carbocycles.